The first kappa shape index (κ1) is 52.9. The van der Waals surface area contributed by atoms with E-state index >= 15 is 0 Å². The molecule has 1 aliphatic rings. The van der Waals surface area contributed by atoms with Gasteiger partial charge in [-0.3, -0.25) is 18.6 Å². The fourth-order valence-electron chi connectivity index (χ4n) is 6.15. The lowest BCUT2D eigenvalue weighted by molar-refractivity contribution is -0.870. The molecule has 1 rings (SSSR count). The number of hydrogen-bond acceptors (Lipinski definition) is 8. The van der Waals surface area contributed by atoms with E-state index in [2.05, 4.69) is 62.5 Å². The largest absolute Gasteiger partial charge is 0.472 e. The van der Waals surface area contributed by atoms with Gasteiger partial charge in [0.05, 0.1) is 40.0 Å². The van der Waals surface area contributed by atoms with Gasteiger partial charge >= 0.3 is 19.8 Å². The molecule has 0 aromatic rings. The molecule has 1 N–H and O–H groups in total. The Morgan fingerprint density at radius 1 is 0.649 bits per heavy atom. The van der Waals surface area contributed by atoms with Gasteiger partial charge in [-0.2, -0.15) is 0 Å². The zero-order valence-corrected chi connectivity index (χ0v) is 37.7. The summed E-state index contributed by atoms with van der Waals surface area (Å²) in [5, 5.41) is 0. The summed E-state index contributed by atoms with van der Waals surface area (Å²) in [5.41, 5.74) is 0. The summed E-state index contributed by atoms with van der Waals surface area (Å²) in [6.07, 6.45) is 41.9. The number of hydrogen-bond donors (Lipinski definition) is 1. The second-order valence-corrected chi connectivity index (χ2v) is 17.9. The Morgan fingerprint density at radius 3 is 1.72 bits per heavy atom. The summed E-state index contributed by atoms with van der Waals surface area (Å²) in [4.78, 5) is 35.4. The number of allylic oxidation sites excluding steroid dienone is 6. The maximum absolute atomic E-state index is 12.7. The van der Waals surface area contributed by atoms with Gasteiger partial charge in [-0.25, -0.2) is 4.57 Å². The van der Waals surface area contributed by atoms with E-state index in [1.54, 1.807) is 0 Å². The molecule has 0 aromatic heterocycles. The summed E-state index contributed by atoms with van der Waals surface area (Å²) in [7, 11) is 1.43. The molecule has 0 radical (unpaired) electrons. The van der Waals surface area contributed by atoms with E-state index in [0.29, 0.717) is 23.9 Å². The molecular weight excluding hydrogens is 741 g/mol. The molecule has 1 heterocycles. The Morgan fingerprint density at radius 2 is 1.16 bits per heavy atom. The van der Waals surface area contributed by atoms with Crippen molar-refractivity contribution in [2.45, 2.75) is 186 Å². The fraction of sp³-hybridized carbons (Fsp3) is 0.783. The van der Waals surface area contributed by atoms with Crippen molar-refractivity contribution in [3.8, 4) is 0 Å². The number of ether oxygens (including phenoxy) is 3. The number of carbonyl (C=O) groups is 2. The molecule has 10 nitrogen and oxygen atoms in total. The van der Waals surface area contributed by atoms with Gasteiger partial charge in [0.2, 0.25) is 0 Å². The van der Waals surface area contributed by atoms with Gasteiger partial charge in [-0.1, -0.05) is 152 Å². The third kappa shape index (κ3) is 35.6. The summed E-state index contributed by atoms with van der Waals surface area (Å²) in [5.74, 6) is -0.873. The SMILES string of the molecule is CC/C=C\C/C=C\C/C=C\CC1OC1C/C=C\CCCC(=O)OC(COC(=O)CCCCCCCCCCCCCCCCC)COP(=O)(O)OCC[N+](C)(C)C. The number of rotatable bonds is 39. The molecule has 0 aliphatic carbocycles. The third-order valence-corrected chi connectivity index (χ3v) is 10.8. The summed E-state index contributed by atoms with van der Waals surface area (Å²) < 4.78 is 40.1. The van der Waals surface area contributed by atoms with Gasteiger partial charge in [-0.05, 0) is 51.4 Å². The molecule has 1 fully saturated rings. The highest BCUT2D eigenvalue weighted by Gasteiger charge is 2.36. The topological polar surface area (TPSA) is 121 Å². The third-order valence-electron chi connectivity index (χ3n) is 9.78. The molecule has 0 bridgehead atoms. The van der Waals surface area contributed by atoms with Crippen LogP contribution in [0.3, 0.4) is 0 Å². The highest BCUT2D eigenvalue weighted by molar-refractivity contribution is 7.47. The first-order chi connectivity index (χ1) is 27.5. The number of likely N-dealkylation sites (N-methyl/N-ethyl adjacent to an activating group) is 1. The van der Waals surface area contributed by atoms with Crippen molar-refractivity contribution in [3.63, 3.8) is 0 Å². The van der Waals surface area contributed by atoms with Crippen molar-refractivity contribution in [2.24, 2.45) is 0 Å². The van der Waals surface area contributed by atoms with Crippen LogP contribution in [-0.2, 0) is 37.4 Å². The molecular formula is C46H83NO9P+. The number of esters is 2. The number of nitrogens with zero attached hydrogens (tertiary/aromatic N) is 1. The zero-order valence-electron chi connectivity index (χ0n) is 36.8. The monoisotopic (exact) mass is 825 g/mol. The van der Waals surface area contributed by atoms with Gasteiger partial charge in [0, 0.05) is 12.8 Å². The number of unbranched alkanes of at least 4 members (excludes halogenated alkanes) is 15. The van der Waals surface area contributed by atoms with E-state index in [9.17, 15) is 19.0 Å². The molecule has 1 saturated heterocycles. The van der Waals surface area contributed by atoms with Gasteiger partial charge in [0.15, 0.2) is 6.10 Å². The lowest BCUT2D eigenvalue weighted by Gasteiger charge is -2.24. The van der Waals surface area contributed by atoms with Crippen LogP contribution in [0.5, 0.6) is 0 Å². The minimum absolute atomic E-state index is 0.0174. The molecule has 0 saturated carbocycles. The number of phosphoric acid groups is 1. The molecule has 330 valence electrons. The normalized spacial score (nSPS) is 17.6. The molecule has 0 aromatic carbocycles. The van der Waals surface area contributed by atoms with Crippen LogP contribution in [0.2, 0.25) is 0 Å². The summed E-state index contributed by atoms with van der Waals surface area (Å²) in [6, 6.07) is 0. The Kier molecular flexibility index (Phi) is 32.3. The van der Waals surface area contributed by atoms with Gasteiger partial charge in [0.25, 0.3) is 0 Å². The van der Waals surface area contributed by atoms with Gasteiger partial charge in [-0.15, -0.1) is 0 Å². The lowest BCUT2D eigenvalue weighted by Crippen LogP contribution is -2.37. The van der Waals surface area contributed by atoms with Gasteiger partial charge < -0.3 is 23.6 Å². The van der Waals surface area contributed by atoms with Crippen LogP contribution in [-0.4, -0.2) is 87.1 Å². The Bertz CT molecular complexity index is 1180. The smallest absolute Gasteiger partial charge is 0.462 e. The molecule has 4 atom stereocenters. The van der Waals surface area contributed by atoms with Crippen LogP contribution < -0.4 is 0 Å². The maximum Gasteiger partial charge on any atom is 0.472 e. The van der Waals surface area contributed by atoms with Crippen molar-refractivity contribution in [1.29, 1.82) is 0 Å². The quantitative estimate of drug-likeness (QED) is 0.0161. The van der Waals surface area contributed by atoms with Crippen molar-refractivity contribution in [1.82, 2.24) is 0 Å². The summed E-state index contributed by atoms with van der Waals surface area (Å²) >= 11 is 0. The predicted molar refractivity (Wildman–Crippen MR) is 233 cm³/mol. The van der Waals surface area contributed by atoms with E-state index in [1.807, 2.05) is 21.1 Å². The minimum atomic E-state index is -4.40. The number of phosphoric ester groups is 1. The first-order valence-corrected chi connectivity index (χ1v) is 24.0. The van der Waals surface area contributed by atoms with Crippen LogP contribution in [0.25, 0.3) is 0 Å². The van der Waals surface area contributed by atoms with E-state index in [4.69, 9.17) is 23.3 Å². The standard InChI is InChI=1S/C46H82NO9P/c1-6-8-10-12-14-16-17-18-19-20-21-23-25-27-32-36-45(48)52-40-42(41-54-57(50,51)53-39-38-47(3,4)5)55-46(49)37-33-29-28-31-35-44-43(56-44)34-30-26-24-22-15-13-11-9-7-2/h9,11,15,22,26,28,30-31,42-44H,6-8,10,12-14,16-21,23-25,27,29,32-41H2,1-5H3/p+1/b11-9-,22-15-,30-26-,31-28-. The van der Waals surface area contributed by atoms with Crippen molar-refractivity contribution in [2.75, 3.05) is 47.5 Å². The second kappa shape index (κ2) is 34.8. The zero-order chi connectivity index (χ0) is 41.9. The van der Waals surface area contributed by atoms with Crippen LogP contribution in [0.1, 0.15) is 168 Å². The first-order valence-electron chi connectivity index (χ1n) is 22.5. The molecule has 0 spiro atoms. The molecule has 0 amide bonds. The van der Waals surface area contributed by atoms with E-state index in [1.165, 1.54) is 77.0 Å². The number of epoxide rings is 1. The Labute approximate surface area is 348 Å². The average molecular weight is 825 g/mol. The summed E-state index contributed by atoms with van der Waals surface area (Å²) in [6.45, 7) is 4.23. The number of carbonyl (C=O) groups excluding carboxylic acids is 2. The van der Waals surface area contributed by atoms with E-state index in [0.717, 1.165) is 51.4 Å². The fourth-order valence-corrected chi connectivity index (χ4v) is 6.89. The highest BCUT2D eigenvalue weighted by atomic mass is 31.2. The maximum atomic E-state index is 12.7. The molecule has 57 heavy (non-hydrogen) atoms. The van der Waals surface area contributed by atoms with E-state index in [-0.39, 0.29) is 44.2 Å². The Hall–Kier alpha value is -2.07. The van der Waals surface area contributed by atoms with Crippen molar-refractivity contribution in [3.05, 3.63) is 48.6 Å². The van der Waals surface area contributed by atoms with E-state index < -0.39 is 26.5 Å². The van der Waals surface area contributed by atoms with Crippen LogP contribution in [0.4, 0.5) is 0 Å². The highest BCUT2D eigenvalue weighted by Crippen LogP contribution is 2.43. The van der Waals surface area contributed by atoms with Crippen LogP contribution in [0.15, 0.2) is 48.6 Å². The van der Waals surface area contributed by atoms with Crippen LogP contribution in [0, 0.1) is 0 Å². The van der Waals surface area contributed by atoms with Crippen molar-refractivity contribution < 1.29 is 46.8 Å². The number of quaternary nitrogens is 1. The second-order valence-electron chi connectivity index (χ2n) is 16.4. The minimum Gasteiger partial charge on any atom is -0.462 e. The van der Waals surface area contributed by atoms with Gasteiger partial charge in [0.1, 0.15) is 19.8 Å². The Balaban J connectivity index is 2.32. The van der Waals surface area contributed by atoms with Crippen LogP contribution >= 0.6 is 7.82 Å². The molecule has 4 unspecified atom stereocenters. The molecule has 1 aliphatic heterocycles. The molecule has 11 heteroatoms. The predicted octanol–water partition coefficient (Wildman–Crippen LogP) is 11.7. The average Bonchev–Trinajstić information content (AvgIpc) is 3.92. The van der Waals surface area contributed by atoms with Crippen molar-refractivity contribution >= 4 is 19.8 Å². The lowest BCUT2D eigenvalue weighted by atomic mass is 10.0.